The molecular formula is C14H11F4NO2. The summed E-state index contributed by atoms with van der Waals surface area (Å²) in [6, 6.07) is 6.27. The van der Waals surface area contributed by atoms with E-state index in [1.165, 1.54) is 19.2 Å². The van der Waals surface area contributed by atoms with Gasteiger partial charge in [-0.1, -0.05) is 6.07 Å². The highest BCUT2D eigenvalue weighted by Crippen LogP contribution is 2.35. The molecule has 2 aromatic rings. The molecule has 0 bridgehead atoms. The molecule has 2 aromatic carbocycles. The molecule has 2 rings (SSSR count). The van der Waals surface area contributed by atoms with E-state index < -0.39 is 17.6 Å². The van der Waals surface area contributed by atoms with E-state index in [0.29, 0.717) is 0 Å². The van der Waals surface area contributed by atoms with Crippen molar-refractivity contribution in [1.82, 2.24) is 0 Å². The smallest absolute Gasteiger partial charge is 0.416 e. The Morgan fingerprint density at radius 3 is 2.38 bits per heavy atom. The predicted octanol–water partition coefficient (Wildman–Crippen LogP) is 4.23. The van der Waals surface area contributed by atoms with Gasteiger partial charge < -0.3 is 15.2 Å². The first kappa shape index (κ1) is 15.0. The number of methoxy groups -OCH3 is 1. The molecule has 0 unspecified atom stereocenters. The SMILES string of the molecule is COc1cc(F)c(Oc2cccc(C(F)(F)F)c2)cc1N. The van der Waals surface area contributed by atoms with Gasteiger partial charge in [0, 0.05) is 12.1 Å². The molecule has 0 aliphatic heterocycles. The van der Waals surface area contributed by atoms with Gasteiger partial charge in [0.25, 0.3) is 0 Å². The van der Waals surface area contributed by atoms with E-state index in [0.717, 1.165) is 24.3 Å². The summed E-state index contributed by atoms with van der Waals surface area (Å²) in [5, 5.41) is 0. The molecule has 7 heteroatoms. The number of nitrogens with two attached hydrogens (primary N) is 1. The van der Waals surface area contributed by atoms with Gasteiger partial charge in [-0.05, 0) is 18.2 Å². The molecule has 0 atom stereocenters. The van der Waals surface area contributed by atoms with Crippen LogP contribution in [0.15, 0.2) is 36.4 Å². The van der Waals surface area contributed by atoms with Crippen LogP contribution in [-0.2, 0) is 6.18 Å². The Hall–Kier alpha value is -2.44. The summed E-state index contributed by atoms with van der Waals surface area (Å²) in [6.45, 7) is 0. The minimum atomic E-state index is -4.50. The second kappa shape index (κ2) is 5.51. The van der Waals surface area contributed by atoms with Crippen molar-refractivity contribution in [3.63, 3.8) is 0 Å². The maximum Gasteiger partial charge on any atom is 0.416 e. The van der Waals surface area contributed by atoms with Crippen LogP contribution in [0.25, 0.3) is 0 Å². The van der Waals surface area contributed by atoms with Crippen molar-refractivity contribution >= 4 is 5.69 Å². The van der Waals surface area contributed by atoms with Crippen LogP contribution in [0.4, 0.5) is 23.2 Å². The topological polar surface area (TPSA) is 44.5 Å². The average Bonchev–Trinajstić information content (AvgIpc) is 2.42. The van der Waals surface area contributed by atoms with E-state index in [9.17, 15) is 17.6 Å². The molecule has 112 valence electrons. The molecule has 0 spiro atoms. The fourth-order valence-electron chi connectivity index (χ4n) is 1.67. The summed E-state index contributed by atoms with van der Waals surface area (Å²) in [6.07, 6.45) is -4.50. The van der Waals surface area contributed by atoms with Crippen molar-refractivity contribution in [3.8, 4) is 17.2 Å². The maximum absolute atomic E-state index is 13.8. The van der Waals surface area contributed by atoms with Crippen molar-refractivity contribution in [2.24, 2.45) is 0 Å². The van der Waals surface area contributed by atoms with Gasteiger partial charge in [-0.2, -0.15) is 13.2 Å². The Morgan fingerprint density at radius 2 is 1.76 bits per heavy atom. The first-order chi connectivity index (χ1) is 9.81. The quantitative estimate of drug-likeness (QED) is 0.681. The van der Waals surface area contributed by atoms with Crippen LogP contribution in [0.1, 0.15) is 5.56 Å². The summed E-state index contributed by atoms with van der Waals surface area (Å²) >= 11 is 0. The third-order valence-corrected chi connectivity index (χ3v) is 2.67. The van der Waals surface area contributed by atoms with Crippen LogP contribution in [0, 0.1) is 5.82 Å². The van der Waals surface area contributed by atoms with Gasteiger partial charge in [0.15, 0.2) is 11.6 Å². The second-order valence-corrected chi connectivity index (χ2v) is 4.15. The van der Waals surface area contributed by atoms with E-state index in [1.807, 2.05) is 0 Å². The normalized spacial score (nSPS) is 11.3. The first-order valence-corrected chi connectivity index (χ1v) is 5.79. The number of halogens is 4. The lowest BCUT2D eigenvalue weighted by Gasteiger charge is -2.12. The maximum atomic E-state index is 13.8. The van der Waals surface area contributed by atoms with Gasteiger partial charge in [-0.15, -0.1) is 0 Å². The van der Waals surface area contributed by atoms with Gasteiger partial charge in [0.1, 0.15) is 11.5 Å². The molecule has 2 N–H and O–H groups in total. The summed E-state index contributed by atoms with van der Waals surface area (Å²) in [4.78, 5) is 0. The number of rotatable bonds is 3. The number of benzene rings is 2. The number of hydrogen-bond acceptors (Lipinski definition) is 3. The Morgan fingerprint density at radius 1 is 1.05 bits per heavy atom. The lowest BCUT2D eigenvalue weighted by molar-refractivity contribution is -0.137. The lowest BCUT2D eigenvalue weighted by Crippen LogP contribution is -2.04. The fraction of sp³-hybridized carbons (Fsp3) is 0.143. The predicted molar refractivity (Wildman–Crippen MR) is 68.9 cm³/mol. The van der Waals surface area contributed by atoms with Crippen LogP contribution in [0.3, 0.4) is 0 Å². The molecule has 0 fully saturated rings. The van der Waals surface area contributed by atoms with Crippen molar-refractivity contribution in [2.75, 3.05) is 12.8 Å². The lowest BCUT2D eigenvalue weighted by atomic mass is 10.2. The number of anilines is 1. The number of ether oxygens (including phenoxy) is 2. The summed E-state index contributed by atoms with van der Waals surface area (Å²) < 4.78 is 61.4. The molecule has 0 heterocycles. The van der Waals surface area contributed by atoms with Crippen molar-refractivity contribution in [3.05, 3.63) is 47.8 Å². The van der Waals surface area contributed by atoms with Gasteiger partial charge in [-0.3, -0.25) is 0 Å². The van der Waals surface area contributed by atoms with Crippen LogP contribution in [0.2, 0.25) is 0 Å². The molecule has 0 aliphatic rings. The Bertz CT molecular complexity index is 656. The van der Waals surface area contributed by atoms with Crippen LogP contribution in [-0.4, -0.2) is 7.11 Å². The van der Waals surface area contributed by atoms with E-state index in [2.05, 4.69) is 0 Å². The van der Waals surface area contributed by atoms with Crippen LogP contribution >= 0.6 is 0 Å². The highest BCUT2D eigenvalue weighted by molar-refractivity contribution is 5.57. The highest BCUT2D eigenvalue weighted by Gasteiger charge is 2.30. The Labute approximate surface area is 117 Å². The Kier molecular flexibility index (Phi) is 3.93. The zero-order valence-electron chi connectivity index (χ0n) is 10.9. The van der Waals surface area contributed by atoms with Crippen molar-refractivity contribution < 1.29 is 27.0 Å². The molecule has 0 aliphatic carbocycles. The minimum Gasteiger partial charge on any atom is -0.494 e. The minimum absolute atomic E-state index is 0.112. The molecule has 0 aromatic heterocycles. The third kappa shape index (κ3) is 3.36. The molecule has 21 heavy (non-hydrogen) atoms. The second-order valence-electron chi connectivity index (χ2n) is 4.15. The largest absolute Gasteiger partial charge is 0.494 e. The van der Waals surface area contributed by atoms with E-state index in [-0.39, 0.29) is 22.9 Å². The molecule has 3 nitrogen and oxygen atoms in total. The summed E-state index contributed by atoms with van der Waals surface area (Å²) in [5.74, 6) is -1.11. The summed E-state index contributed by atoms with van der Waals surface area (Å²) in [5.41, 5.74) is 4.83. The molecule has 0 saturated carbocycles. The van der Waals surface area contributed by atoms with Gasteiger partial charge in [-0.25, -0.2) is 4.39 Å². The zero-order chi connectivity index (χ0) is 15.6. The van der Waals surface area contributed by atoms with Crippen LogP contribution < -0.4 is 15.2 Å². The van der Waals surface area contributed by atoms with Gasteiger partial charge in [0.2, 0.25) is 0 Å². The summed E-state index contributed by atoms with van der Waals surface area (Å²) in [7, 11) is 1.32. The monoisotopic (exact) mass is 301 g/mol. The van der Waals surface area contributed by atoms with Crippen molar-refractivity contribution in [2.45, 2.75) is 6.18 Å². The number of hydrogen-bond donors (Lipinski definition) is 1. The van der Waals surface area contributed by atoms with Crippen molar-refractivity contribution in [1.29, 1.82) is 0 Å². The third-order valence-electron chi connectivity index (χ3n) is 2.67. The molecule has 0 radical (unpaired) electrons. The molecular weight excluding hydrogens is 290 g/mol. The van der Waals surface area contributed by atoms with Gasteiger partial charge in [0.05, 0.1) is 18.4 Å². The molecule has 0 amide bonds. The van der Waals surface area contributed by atoms with Crippen LogP contribution in [0.5, 0.6) is 17.2 Å². The zero-order valence-corrected chi connectivity index (χ0v) is 10.9. The number of alkyl halides is 3. The van der Waals surface area contributed by atoms with E-state index in [1.54, 1.807) is 0 Å². The Balaban J connectivity index is 2.33. The van der Waals surface area contributed by atoms with Gasteiger partial charge >= 0.3 is 6.18 Å². The first-order valence-electron chi connectivity index (χ1n) is 5.79. The van der Waals surface area contributed by atoms with E-state index >= 15 is 0 Å². The average molecular weight is 301 g/mol. The standard InChI is InChI=1S/C14H11F4NO2/c1-20-13-6-10(15)12(7-11(13)19)21-9-4-2-3-8(5-9)14(16,17)18/h2-7H,19H2,1H3. The van der Waals surface area contributed by atoms with E-state index in [4.69, 9.17) is 15.2 Å². The fourth-order valence-corrected chi connectivity index (χ4v) is 1.67. The molecule has 0 saturated heterocycles. The highest BCUT2D eigenvalue weighted by atomic mass is 19.4. The number of nitrogen functional groups attached to an aromatic ring is 1.